The number of alkyl halides is 2. The molecule has 0 radical (unpaired) electrons. The lowest BCUT2D eigenvalue weighted by Crippen LogP contribution is -2.35. The Balaban J connectivity index is 2.11. The largest absolute Gasteiger partial charge is 0.396 e. The van der Waals surface area contributed by atoms with Crippen molar-refractivity contribution in [3.63, 3.8) is 0 Å². The number of aliphatic hydroxyl groups excluding tert-OH is 1. The lowest BCUT2D eigenvalue weighted by atomic mass is 9.77. The van der Waals surface area contributed by atoms with Gasteiger partial charge in [-0.15, -0.1) is 0 Å². The highest BCUT2D eigenvalue weighted by Crippen LogP contribution is 2.52. The fourth-order valence-electron chi connectivity index (χ4n) is 2.90. The summed E-state index contributed by atoms with van der Waals surface area (Å²) in [6.07, 6.45) is 1.81. The predicted molar refractivity (Wildman–Crippen MR) is 41.0 cm³/mol. The van der Waals surface area contributed by atoms with Crippen molar-refractivity contribution >= 4 is 0 Å². The minimum atomic E-state index is -2.45. The second kappa shape index (κ2) is 2.66. The average Bonchev–Trinajstić information content (AvgIpc) is 2.23. The molecular formula is C9H14F2O. The Hall–Kier alpha value is -0.180. The molecule has 3 heteroatoms. The Labute approximate surface area is 70.8 Å². The van der Waals surface area contributed by atoms with Crippen LogP contribution in [-0.4, -0.2) is 17.6 Å². The first-order valence-corrected chi connectivity index (χ1v) is 4.61. The van der Waals surface area contributed by atoms with Crippen LogP contribution in [0, 0.1) is 17.8 Å². The van der Waals surface area contributed by atoms with Crippen LogP contribution in [0.15, 0.2) is 0 Å². The van der Waals surface area contributed by atoms with E-state index in [-0.39, 0.29) is 37.2 Å². The van der Waals surface area contributed by atoms with Gasteiger partial charge in [0.2, 0.25) is 5.92 Å². The molecule has 2 rings (SSSR count). The molecule has 2 unspecified atom stereocenters. The van der Waals surface area contributed by atoms with E-state index >= 15 is 0 Å². The third-order valence-electron chi connectivity index (χ3n) is 3.45. The van der Waals surface area contributed by atoms with E-state index in [1.807, 2.05) is 0 Å². The van der Waals surface area contributed by atoms with Crippen LogP contribution in [-0.2, 0) is 0 Å². The smallest absolute Gasteiger partial charge is 0.248 e. The number of halogens is 2. The van der Waals surface area contributed by atoms with Gasteiger partial charge in [0.05, 0.1) is 0 Å². The van der Waals surface area contributed by atoms with Crippen LogP contribution in [0.1, 0.15) is 25.7 Å². The molecular weight excluding hydrogens is 162 g/mol. The van der Waals surface area contributed by atoms with Crippen LogP contribution in [0.3, 0.4) is 0 Å². The Morgan fingerprint density at radius 3 is 2.08 bits per heavy atom. The molecule has 0 spiro atoms. The molecule has 2 saturated carbocycles. The number of rotatable bonds is 1. The quantitative estimate of drug-likeness (QED) is 0.648. The SMILES string of the molecule is OCC1C2CCC1CC(F)(F)C2. The van der Waals surface area contributed by atoms with Crippen molar-refractivity contribution in [1.82, 2.24) is 0 Å². The molecule has 2 bridgehead atoms. The summed E-state index contributed by atoms with van der Waals surface area (Å²) in [5.41, 5.74) is 0. The van der Waals surface area contributed by atoms with Gasteiger partial charge in [0, 0.05) is 19.4 Å². The average molecular weight is 176 g/mol. The van der Waals surface area contributed by atoms with E-state index in [2.05, 4.69) is 0 Å². The van der Waals surface area contributed by atoms with Gasteiger partial charge in [-0.25, -0.2) is 8.78 Å². The molecule has 12 heavy (non-hydrogen) atoms. The highest BCUT2D eigenvalue weighted by atomic mass is 19.3. The molecule has 2 atom stereocenters. The molecule has 2 aliphatic rings. The normalized spacial score (nSPS) is 44.8. The summed E-state index contributed by atoms with van der Waals surface area (Å²) in [6.45, 7) is 0.103. The number of hydrogen-bond acceptors (Lipinski definition) is 1. The fourth-order valence-corrected chi connectivity index (χ4v) is 2.90. The predicted octanol–water partition coefficient (Wildman–Crippen LogP) is 2.05. The zero-order valence-electron chi connectivity index (χ0n) is 6.97. The first kappa shape index (κ1) is 8.42. The maximum Gasteiger partial charge on any atom is 0.248 e. The van der Waals surface area contributed by atoms with Crippen molar-refractivity contribution in [2.75, 3.05) is 6.61 Å². The summed E-state index contributed by atoms with van der Waals surface area (Å²) >= 11 is 0. The molecule has 0 saturated heterocycles. The van der Waals surface area contributed by atoms with E-state index in [9.17, 15) is 8.78 Å². The molecule has 0 amide bonds. The van der Waals surface area contributed by atoms with Crippen molar-refractivity contribution in [3.05, 3.63) is 0 Å². The molecule has 0 aromatic heterocycles. The molecule has 70 valence electrons. The maximum absolute atomic E-state index is 13.0. The van der Waals surface area contributed by atoms with Gasteiger partial charge in [0.15, 0.2) is 0 Å². The van der Waals surface area contributed by atoms with Crippen LogP contribution < -0.4 is 0 Å². The topological polar surface area (TPSA) is 20.2 Å². The van der Waals surface area contributed by atoms with E-state index < -0.39 is 5.92 Å². The third-order valence-corrected chi connectivity index (χ3v) is 3.45. The summed E-state index contributed by atoms with van der Waals surface area (Å²) in [4.78, 5) is 0. The van der Waals surface area contributed by atoms with Crippen molar-refractivity contribution < 1.29 is 13.9 Å². The van der Waals surface area contributed by atoms with E-state index in [1.165, 1.54) is 0 Å². The van der Waals surface area contributed by atoms with Crippen molar-refractivity contribution in [3.8, 4) is 0 Å². The first-order chi connectivity index (χ1) is 5.62. The second-order valence-electron chi connectivity index (χ2n) is 4.21. The maximum atomic E-state index is 13.0. The highest BCUT2D eigenvalue weighted by molar-refractivity contribution is 4.94. The van der Waals surface area contributed by atoms with Crippen LogP contribution in [0.2, 0.25) is 0 Å². The Bertz CT molecular complexity index is 165. The van der Waals surface area contributed by atoms with Crippen LogP contribution in [0.25, 0.3) is 0 Å². The number of hydrogen-bond donors (Lipinski definition) is 1. The van der Waals surface area contributed by atoms with E-state index in [0.717, 1.165) is 12.8 Å². The molecule has 2 aliphatic carbocycles. The minimum Gasteiger partial charge on any atom is -0.396 e. The van der Waals surface area contributed by atoms with Gasteiger partial charge in [-0.3, -0.25) is 0 Å². The summed E-state index contributed by atoms with van der Waals surface area (Å²) in [6, 6.07) is 0. The summed E-state index contributed by atoms with van der Waals surface area (Å²) < 4.78 is 25.9. The van der Waals surface area contributed by atoms with E-state index in [1.54, 1.807) is 0 Å². The lowest BCUT2D eigenvalue weighted by Gasteiger charge is -2.33. The number of fused-ring (bicyclic) bond motifs is 2. The van der Waals surface area contributed by atoms with Gasteiger partial charge in [-0.1, -0.05) is 0 Å². The monoisotopic (exact) mass is 176 g/mol. The summed E-state index contributed by atoms with van der Waals surface area (Å²) in [5, 5.41) is 9.00. The Morgan fingerprint density at radius 1 is 1.17 bits per heavy atom. The molecule has 2 fully saturated rings. The molecule has 0 aromatic carbocycles. The number of aliphatic hydroxyl groups is 1. The second-order valence-corrected chi connectivity index (χ2v) is 4.21. The molecule has 0 aromatic rings. The van der Waals surface area contributed by atoms with Crippen molar-refractivity contribution in [1.29, 1.82) is 0 Å². The Kier molecular flexibility index (Phi) is 1.86. The van der Waals surface area contributed by atoms with Crippen LogP contribution in [0.5, 0.6) is 0 Å². The molecule has 1 N–H and O–H groups in total. The fraction of sp³-hybridized carbons (Fsp3) is 1.00. The zero-order valence-corrected chi connectivity index (χ0v) is 6.97. The van der Waals surface area contributed by atoms with Gasteiger partial charge in [0.25, 0.3) is 0 Å². The highest BCUT2D eigenvalue weighted by Gasteiger charge is 2.49. The van der Waals surface area contributed by atoms with Gasteiger partial charge >= 0.3 is 0 Å². The molecule has 0 heterocycles. The Morgan fingerprint density at radius 2 is 1.67 bits per heavy atom. The lowest BCUT2D eigenvalue weighted by molar-refractivity contribution is -0.0822. The molecule has 1 nitrogen and oxygen atoms in total. The van der Waals surface area contributed by atoms with Crippen molar-refractivity contribution in [2.24, 2.45) is 17.8 Å². The van der Waals surface area contributed by atoms with Gasteiger partial charge < -0.3 is 5.11 Å². The van der Waals surface area contributed by atoms with Crippen LogP contribution in [0.4, 0.5) is 8.78 Å². The summed E-state index contributed by atoms with van der Waals surface area (Å²) in [5.74, 6) is -2.10. The van der Waals surface area contributed by atoms with E-state index in [0.29, 0.717) is 0 Å². The van der Waals surface area contributed by atoms with Gasteiger partial charge in [-0.05, 0) is 30.6 Å². The first-order valence-electron chi connectivity index (χ1n) is 4.61. The third kappa shape index (κ3) is 1.24. The van der Waals surface area contributed by atoms with Gasteiger partial charge in [-0.2, -0.15) is 0 Å². The zero-order chi connectivity index (χ0) is 8.77. The van der Waals surface area contributed by atoms with E-state index in [4.69, 9.17) is 5.11 Å². The minimum absolute atomic E-state index is 0.00866. The van der Waals surface area contributed by atoms with Gasteiger partial charge in [0.1, 0.15) is 0 Å². The van der Waals surface area contributed by atoms with Crippen molar-refractivity contribution in [2.45, 2.75) is 31.6 Å². The summed E-state index contributed by atoms with van der Waals surface area (Å²) in [7, 11) is 0. The standard InChI is InChI=1S/C9H14F2O/c10-9(11)3-6-1-2-7(4-9)8(6)5-12/h6-8,12H,1-5H2. The van der Waals surface area contributed by atoms with Crippen LogP contribution >= 0.6 is 0 Å². The molecule has 0 aliphatic heterocycles.